The highest BCUT2D eigenvalue weighted by molar-refractivity contribution is 7.99. The van der Waals surface area contributed by atoms with Crippen molar-refractivity contribution >= 4 is 17.8 Å². The van der Waals surface area contributed by atoms with Crippen LogP contribution in [0, 0.1) is 0 Å². The molecule has 0 radical (unpaired) electrons. The van der Waals surface area contributed by atoms with Crippen LogP contribution in [0.1, 0.15) is 17.5 Å². The second-order valence-corrected chi connectivity index (χ2v) is 6.08. The van der Waals surface area contributed by atoms with Crippen molar-refractivity contribution in [3.05, 3.63) is 65.4 Å². The Bertz CT molecular complexity index is 635. The fourth-order valence-corrected chi connectivity index (χ4v) is 3.28. The quantitative estimate of drug-likeness (QED) is 0.842. The summed E-state index contributed by atoms with van der Waals surface area (Å²) in [6.45, 7) is 0. The van der Waals surface area contributed by atoms with Crippen LogP contribution in [-0.2, 0) is 6.42 Å². The lowest BCUT2D eigenvalue weighted by Gasteiger charge is -2.21. The maximum absolute atomic E-state index is 9.57. The normalized spacial score (nSPS) is 13.6. The van der Waals surface area contributed by atoms with E-state index in [1.807, 2.05) is 6.07 Å². The molecule has 0 aliphatic heterocycles. The van der Waals surface area contributed by atoms with Gasteiger partial charge >= 0.3 is 0 Å². The number of aryl methyl sites for hydroxylation is 1. The third-order valence-electron chi connectivity index (χ3n) is 3.48. The summed E-state index contributed by atoms with van der Waals surface area (Å²) >= 11 is 1.76. The second-order valence-electron chi connectivity index (χ2n) is 4.94. The highest BCUT2D eigenvalue weighted by Crippen LogP contribution is 2.32. The Balaban J connectivity index is 1.88. The van der Waals surface area contributed by atoms with Gasteiger partial charge in [-0.25, -0.2) is 0 Å². The van der Waals surface area contributed by atoms with Crippen molar-refractivity contribution in [3.63, 3.8) is 0 Å². The van der Waals surface area contributed by atoms with Gasteiger partial charge in [0.15, 0.2) is 0 Å². The van der Waals surface area contributed by atoms with E-state index in [0.717, 1.165) is 18.5 Å². The molecule has 0 aromatic heterocycles. The Morgan fingerprint density at radius 1 is 1.00 bits per heavy atom. The molecule has 2 aromatic rings. The van der Waals surface area contributed by atoms with E-state index in [9.17, 15) is 5.21 Å². The lowest BCUT2D eigenvalue weighted by Crippen LogP contribution is -2.15. The van der Waals surface area contributed by atoms with Crippen molar-refractivity contribution in [2.45, 2.75) is 22.6 Å². The van der Waals surface area contributed by atoms with Crippen LogP contribution in [0.5, 0.6) is 0 Å². The standard InChI is InChI=1S/C17H17NOS/c1-18(19)15-9-7-13-8-10-17(12-14(13)11-15)20-16-5-3-2-4-6-16/h2-6,8,10-12,19H,7,9H2,1H3. The summed E-state index contributed by atoms with van der Waals surface area (Å²) in [5.74, 6) is 0. The number of allylic oxidation sites excluding steroid dienone is 1. The van der Waals surface area contributed by atoms with Crippen LogP contribution in [0.25, 0.3) is 6.08 Å². The smallest absolute Gasteiger partial charge is 0.0414 e. The monoisotopic (exact) mass is 283 g/mol. The van der Waals surface area contributed by atoms with Crippen LogP contribution in [0.2, 0.25) is 0 Å². The third-order valence-corrected chi connectivity index (χ3v) is 4.48. The second kappa shape index (κ2) is 5.73. The van der Waals surface area contributed by atoms with Crippen molar-refractivity contribution in [3.8, 4) is 0 Å². The lowest BCUT2D eigenvalue weighted by molar-refractivity contribution is -0.0304. The predicted molar refractivity (Wildman–Crippen MR) is 82.9 cm³/mol. The molecule has 1 aliphatic carbocycles. The summed E-state index contributed by atoms with van der Waals surface area (Å²) in [4.78, 5) is 2.47. The van der Waals surface area contributed by atoms with E-state index in [1.54, 1.807) is 18.8 Å². The van der Waals surface area contributed by atoms with Crippen LogP contribution in [0.4, 0.5) is 0 Å². The minimum absolute atomic E-state index is 0.894. The number of rotatable bonds is 3. The molecule has 0 atom stereocenters. The zero-order valence-corrected chi connectivity index (χ0v) is 12.2. The molecule has 3 heteroatoms. The summed E-state index contributed by atoms with van der Waals surface area (Å²) in [6, 6.07) is 17.0. The summed E-state index contributed by atoms with van der Waals surface area (Å²) < 4.78 is 0. The van der Waals surface area contributed by atoms with Crippen LogP contribution in [0.3, 0.4) is 0 Å². The molecule has 0 spiro atoms. The van der Waals surface area contributed by atoms with Gasteiger partial charge in [0, 0.05) is 22.5 Å². The number of fused-ring (bicyclic) bond motifs is 1. The van der Waals surface area contributed by atoms with E-state index in [1.165, 1.54) is 26.0 Å². The molecule has 0 unspecified atom stereocenters. The van der Waals surface area contributed by atoms with Crippen molar-refractivity contribution in [1.82, 2.24) is 5.06 Å². The molecular weight excluding hydrogens is 266 g/mol. The molecule has 3 rings (SSSR count). The van der Waals surface area contributed by atoms with Crippen molar-refractivity contribution in [1.29, 1.82) is 0 Å². The van der Waals surface area contributed by atoms with Gasteiger partial charge in [-0.3, -0.25) is 10.3 Å². The van der Waals surface area contributed by atoms with Gasteiger partial charge in [-0.15, -0.1) is 0 Å². The maximum atomic E-state index is 9.57. The molecule has 0 fully saturated rings. The lowest BCUT2D eigenvalue weighted by atomic mass is 9.95. The molecule has 1 N–H and O–H groups in total. The van der Waals surface area contributed by atoms with E-state index < -0.39 is 0 Å². The van der Waals surface area contributed by atoms with E-state index in [0.29, 0.717) is 0 Å². The van der Waals surface area contributed by atoms with Gasteiger partial charge in [0.25, 0.3) is 0 Å². The molecule has 2 nitrogen and oxygen atoms in total. The Morgan fingerprint density at radius 2 is 1.80 bits per heavy atom. The number of hydrogen-bond acceptors (Lipinski definition) is 3. The fraction of sp³-hybridized carbons (Fsp3) is 0.176. The van der Waals surface area contributed by atoms with Gasteiger partial charge in [0.1, 0.15) is 0 Å². The van der Waals surface area contributed by atoms with Crippen LogP contribution < -0.4 is 0 Å². The molecule has 0 heterocycles. The Hall–Kier alpha value is -1.71. The minimum Gasteiger partial charge on any atom is -0.289 e. The van der Waals surface area contributed by atoms with Crippen molar-refractivity contribution < 1.29 is 5.21 Å². The fourth-order valence-electron chi connectivity index (χ4n) is 2.39. The van der Waals surface area contributed by atoms with Gasteiger partial charge in [0.2, 0.25) is 0 Å². The first-order valence-corrected chi connectivity index (χ1v) is 7.53. The summed E-state index contributed by atoms with van der Waals surface area (Å²) in [7, 11) is 1.68. The topological polar surface area (TPSA) is 23.5 Å². The Kier molecular flexibility index (Phi) is 3.81. The Morgan fingerprint density at radius 3 is 2.55 bits per heavy atom. The molecule has 102 valence electrons. The SMILES string of the molecule is CN(O)C1=Cc2cc(Sc3ccccc3)ccc2CC1. The molecule has 0 saturated carbocycles. The predicted octanol–water partition coefficient (Wildman–Crippen LogP) is 4.45. The minimum atomic E-state index is 0.894. The molecule has 0 bridgehead atoms. The van der Waals surface area contributed by atoms with Crippen LogP contribution in [-0.4, -0.2) is 17.3 Å². The summed E-state index contributed by atoms with van der Waals surface area (Å²) in [6.07, 6.45) is 3.96. The average Bonchev–Trinajstić information content (AvgIpc) is 2.47. The van der Waals surface area contributed by atoms with Crippen molar-refractivity contribution in [2.24, 2.45) is 0 Å². The van der Waals surface area contributed by atoms with Gasteiger partial charge in [-0.05, 0) is 54.3 Å². The van der Waals surface area contributed by atoms with Crippen LogP contribution >= 0.6 is 11.8 Å². The van der Waals surface area contributed by atoms with Gasteiger partial charge in [-0.2, -0.15) is 0 Å². The number of hydrogen-bond donors (Lipinski definition) is 1. The molecule has 0 saturated heterocycles. The molecule has 20 heavy (non-hydrogen) atoms. The molecule has 2 aromatic carbocycles. The average molecular weight is 283 g/mol. The molecule has 0 amide bonds. The van der Waals surface area contributed by atoms with Gasteiger partial charge < -0.3 is 0 Å². The van der Waals surface area contributed by atoms with Crippen molar-refractivity contribution in [2.75, 3.05) is 7.05 Å². The summed E-state index contributed by atoms with van der Waals surface area (Å²) in [5, 5.41) is 10.8. The molecule has 1 aliphatic rings. The Labute approximate surface area is 123 Å². The number of hydroxylamine groups is 2. The third kappa shape index (κ3) is 2.89. The van der Waals surface area contributed by atoms with Gasteiger partial charge in [-0.1, -0.05) is 36.0 Å². The maximum Gasteiger partial charge on any atom is 0.0414 e. The zero-order chi connectivity index (χ0) is 13.9. The first-order chi connectivity index (χ1) is 9.72. The van der Waals surface area contributed by atoms with E-state index in [4.69, 9.17) is 0 Å². The highest BCUT2D eigenvalue weighted by atomic mass is 32.2. The van der Waals surface area contributed by atoms with E-state index in [2.05, 4.69) is 48.5 Å². The van der Waals surface area contributed by atoms with E-state index in [-0.39, 0.29) is 0 Å². The first kappa shape index (κ1) is 13.3. The number of benzene rings is 2. The number of nitrogens with zero attached hydrogens (tertiary/aromatic N) is 1. The molecular formula is C17H17NOS. The zero-order valence-electron chi connectivity index (χ0n) is 11.4. The van der Waals surface area contributed by atoms with Crippen LogP contribution in [0.15, 0.2) is 64.0 Å². The van der Waals surface area contributed by atoms with Gasteiger partial charge in [0.05, 0.1) is 0 Å². The summed E-state index contributed by atoms with van der Waals surface area (Å²) in [5.41, 5.74) is 3.54. The largest absolute Gasteiger partial charge is 0.289 e. The first-order valence-electron chi connectivity index (χ1n) is 6.71. The van der Waals surface area contributed by atoms with E-state index >= 15 is 0 Å². The highest BCUT2D eigenvalue weighted by Gasteiger charge is 2.13.